The molecule has 1 aliphatic rings. The molecule has 0 radical (unpaired) electrons. The second-order valence-electron chi connectivity index (χ2n) is 7.13. The van der Waals surface area contributed by atoms with Gasteiger partial charge in [0.1, 0.15) is 10.0 Å². The van der Waals surface area contributed by atoms with Crippen LogP contribution in [0.4, 0.5) is 4.39 Å². The van der Waals surface area contributed by atoms with Crippen molar-refractivity contribution in [3.05, 3.63) is 46.2 Å². The van der Waals surface area contributed by atoms with Gasteiger partial charge in [-0.25, -0.2) is 17.5 Å². The molecule has 0 saturated carbocycles. The summed E-state index contributed by atoms with van der Waals surface area (Å²) in [5, 5.41) is 5.06. The van der Waals surface area contributed by atoms with E-state index in [1.807, 2.05) is 0 Å². The van der Waals surface area contributed by atoms with Gasteiger partial charge in [0, 0.05) is 23.9 Å². The molecular formula is C19H21ClFN3O3S2. The van der Waals surface area contributed by atoms with Crippen molar-refractivity contribution >= 4 is 43.9 Å². The van der Waals surface area contributed by atoms with Gasteiger partial charge in [-0.15, -0.1) is 11.3 Å². The SMILES string of the molecule is O=S(=O)(NCCCN1CCC(c2noc3cc(F)ccc23)CC1)c1ccc(Cl)s1. The van der Waals surface area contributed by atoms with Crippen LogP contribution < -0.4 is 4.72 Å². The Balaban J connectivity index is 1.24. The summed E-state index contributed by atoms with van der Waals surface area (Å²) in [6, 6.07) is 7.63. The van der Waals surface area contributed by atoms with Crippen LogP contribution in [0.15, 0.2) is 39.1 Å². The summed E-state index contributed by atoms with van der Waals surface area (Å²) >= 11 is 6.86. The highest BCUT2D eigenvalue weighted by Gasteiger charge is 2.25. The van der Waals surface area contributed by atoms with Crippen molar-refractivity contribution in [2.45, 2.75) is 29.4 Å². The normalized spacial score (nSPS) is 16.6. The van der Waals surface area contributed by atoms with E-state index in [0.717, 1.165) is 61.3 Å². The zero-order valence-electron chi connectivity index (χ0n) is 15.6. The van der Waals surface area contributed by atoms with E-state index in [4.69, 9.17) is 16.1 Å². The van der Waals surface area contributed by atoms with Gasteiger partial charge in [0.2, 0.25) is 10.0 Å². The van der Waals surface area contributed by atoms with Gasteiger partial charge in [-0.1, -0.05) is 16.8 Å². The van der Waals surface area contributed by atoms with E-state index in [0.29, 0.717) is 22.4 Å². The fourth-order valence-electron chi connectivity index (χ4n) is 3.68. The summed E-state index contributed by atoms with van der Waals surface area (Å²) in [6.45, 7) is 3.03. The molecule has 1 saturated heterocycles. The Morgan fingerprint density at radius 1 is 1.28 bits per heavy atom. The second-order valence-corrected chi connectivity index (χ2v) is 10.8. The van der Waals surface area contributed by atoms with E-state index in [-0.39, 0.29) is 10.0 Å². The van der Waals surface area contributed by atoms with E-state index in [1.54, 1.807) is 12.1 Å². The van der Waals surface area contributed by atoms with Crippen LogP contribution in [-0.2, 0) is 10.0 Å². The molecule has 2 aromatic heterocycles. The number of halogens is 2. The van der Waals surface area contributed by atoms with Crippen LogP contribution in [0.5, 0.6) is 0 Å². The van der Waals surface area contributed by atoms with Crippen LogP contribution in [0, 0.1) is 5.82 Å². The third-order valence-corrected chi connectivity index (χ3v) is 8.38. The van der Waals surface area contributed by atoms with E-state index < -0.39 is 10.0 Å². The van der Waals surface area contributed by atoms with Gasteiger partial charge >= 0.3 is 0 Å². The second kappa shape index (κ2) is 8.69. The standard InChI is InChI=1S/C19H21ClFN3O3S2/c20-17-4-5-18(28-17)29(25,26)22-8-1-9-24-10-6-13(7-11-24)19-15-3-2-14(21)12-16(15)27-23-19/h2-5,12-13,22H,1,6-11H2. The summed E-state index contributed by atoms with van der Waals surface area (Å²) < 4.78 is 46.3. The fraction of sp³-hybridized carbons (Fsp3) is 0.421. The molecule has 0 unspecified atom stereocenters. The third kappa shape index (κ3) is 4.80. The number of hydrogen-bond acceptors (Lipinski definition) is 6. The van der Waals surface area contributed by atoms with Crippen LogP contribution in [0.2, 0.25) is 4.34 Å². The van der Waals surface area contributed by atoms with Gasteiger partial charge in [0.25, 0.3) is 0 Å². The van der Waals surface area contributed by atoms with Gasteiger partial charge in [-0.2, -0.15) is 0 Å². The summed E-state index contributed by atoms with van der Waals surface area (Å²) in [6.07, 6.45) is 2.62. The molecule has 29 heavy (non-hydrogen) atoms. The maximum absolute atomic E-state index is 13.3. The number of rotatable bonds is 7. The molecule has 1 fully saturated rings. The first-order chi connectivity index (χ1) is 13.9. The van der Waals surface area contributed by atoms with Crippen molar-refractivity contribution in [2.24, 2.45) is 0 Å². The minimum Gasteiger partial charge on any atom is -0.356 e. The maximum atomic E-state index is 13.3. The average Bonchev–Trinajstić information content (AvgIpc) is 3.32. The quantitative estimate of drug-likeness (QED) is 0.537. The number of nitrogens with zero attached hydrogens (tertiary/aromatic N) is 2. The molecule has 3 aromatic rings. The molecule has 0 aliphatic carbocycles. The number of thiophene rings is 1. The number of piperidine rings is 1. The number of benzene rings is 1. The Morgan fingerprint density at radius 3 is 2.79 bits per heavy atom. The van der Waals surface area contributed by atoms with Gasteiger partial charge in [0.15, 0.2) is 5.58 Å². The Morgan fingerprint density at radius 2 is 2.07 bits per heavy atom. The van der Waals surface area contributed by atoms with E-state index >= 15 is 0 Å². The van der Waals surface area contributed by atoms with Crippen LogP contribution >= 0.6 is 22.9 Å². The first-order valence-corrected chi connectivity index (χ1v) is 12.1. The van der Waals surface area contributed by atoms with Crippen LogP contribution in [0.25, 0.3) is 11.0 Å². The molecule has 1 N–H and O–H groups in total. The van der Waals surface area contributed by atoms with Gasteiger partial charge in [0.05, 0.1) is 10.0 Å². The Bertz CT molecular complexity index is 1090. The number of nitrogens with one attached hydrogen (secondary N) is 1. The summed E-state index contributed by atoms with van der Waals surface area (Å²) in [5.74, 6) is -0.0344. The zero-order valence-corrected chi connectivity index (χ0v) is 18.0. The zero-order chi connectivity index (χ0) is 20.4. The highest BCUT2D eigenvalue weighted by molar-refractivity contribution is 7.91. The first-order valence-electron chi connectivity index (χ1n) is 9.44. The molecule has 1 aliphatic heterocycles. The van der Waals surface area contributed by atoms with E-state index in [9.17, 15) is 12.8 Å². The molecule has 156 valence electrons. The Kier molecular flexibility index (Phi) is 6.21. The number of hydrogen-bond donors (Lipinski definition) is 1. The van der Waals surface area contributed by atoms with Crippen molar-refractivity contribution in [1.29, 1.82) is 0 Å². The fourth-order valence-corrected chi connectivity index (χ4v) is 6.28. The van der Waals surface area contributed by atoms with Gasteiger partial charge in [-0.05, 0) is 63.2 Å². The van der Waals surface area contributed by atoms with Crippen molar-refractivity contribution in [3.8, 4) is 0 Å². The summed E-state index contributed by atoms with van der Waals surface area (Å²) in [5.41, 5.74) is 1.39. The summed E-state index contributed by atoms with van der Waals surface area (Å²) in [7, 11) is -3.48. The highest BCUT2D eigenvalue weighted by atomic mass is 35.5. The number of fused-ring (bicyclic) bond motifs is 1. The molecule has 6 nitrogen and oxygen atoms in total. The Labute approximate surface area is 177 Å². The minimum atomic E-state index is -3.48. The molecule has 0 bridgehead atoms. The molecule has 0 atom stereocenters. The van der Waals surface area contributed by atoms with Gasteiger partial charge < -0.3 is 9.42 Å². The molecule has 10 heteroatoms. The van der Waals surface area contributed by atoms with Crippen molar-refractivity contribution in [3.63, 3.8) is 0 Å². The highest BCUT2D eigenvalue weighted by Crippen LogP contribution is 2.32. The topological polar surface area (TPSA) is 75.4 Å². The molecule has 0 amide bonds. The van der Waals surface area contributed by atoms with Crippen LogP contribution in [-0.4, -0.2) is 44.7 Å². The molecule has 1 aromatic carbocycles. The number of likely N-dealkylation sites (tertiary alicyclic amines) is 1. The van der Waals surface area contributed by atoms with E-state index in [2.05, 4.69) is 14.8 Å². The predicted molar refractivity (Wildman–Crippen MR) is 112 cm³/mol. The lowest BCUT2D eigenvalue weighted by Crippen LogP contribution is -2.35. The Hall–Kier alpha value is -1.52. The molecule has 0 spiro atoms. The van der Waals surface area contributed by atoms with Crippen molar-refractivity contribution < 1.29 is 17.3 Å². The maximum Gasteiger partial charge on any atom is 0.250 e. The lowest BCUT2D eigenvalue weighted by atomic mass is 9.91. The van der Waals surface area contributed by atoms with Crippen molar-refractivity contribution in [2.75, 3.05) is 26.2 Å². The third-order valence-electron chi connectivity index (χ3n) is 5.19. The van der Waals surface area contributed by atoms with Crippen molar-refractivity contribution in [1.82, 2.24) is 14.8 Å². The number of sulfonamides is 1. The largest absolute Gasteiger partial charge is 0.356 e. The summed E-state index contributed by atoms with van der Waals surface area (Å²) in [4.78, 5) is 2.33. The predicted octanol–water partition coefficient (Wildman–Crippen LogP) is 4.23. The molecule has 3 heterocycles. The van der Waals surface area contributed by atoms with E-state index in [1.165, 1.54) is 18.2 Å². The van der Waals surface area contributed by atoms with Crippen LogP contribution in [0.1, 0.15) is 30.9 Å². The number of aromatic nitrogens is 1. The average molecular weight is 458 g/mol. The monoisotopic (exact) mass is 457 g/mol. The van der Waals surface area contributed by atoms with Crippen LogP contribution in [0.3, 0.4) is 0 Å². The molecule has 4 rings (SSSR count). The molecular weight excluding hydrogens is 437 g/mol. The lowest BCUT2D eigenvalue weighted by molar-refractivity contribution is 0.208. The minimum absolute atomic E-state index is 0.239. The smallest absolute Gasteiger partial charge is 0.250 e. The van der Waals surface area contributed by atoms with Gasteiger partial charge in [-0.3, -0.25) is 0 Å². The lowest BCUT2D eigenvalue weighted by Gasteiger charge is -2.31. The first kappa shape index (κ1) is 20.7.